The molecule has 2 aromatic carbocycles. The number of nitrogens with zero attached hydrogens (tertiary/aromatic N) is 1. The molecule has 1 heterocycles. The average Bonchev–Trinajstić information content (AvgIpc) is 2.71. The predicted molar refractivity (Wildman–Crippen MR) is 103 cm³/mol. The molecule has 3 rings (SSSR count). The maximum atomic E-state index is 13.7. The number of hydrogen-bond acceptors (Lipinski definition) is 4. The number of H-pyrrole nitrogens is 1. The van der Waals surface area contributed by atoms with Gasteiger partial charge in [0.25, 0.3) is 0 Å². The first-order chi connectivity index (χ1) is 14.3. The van der Waals surface area contributed by atoms with Crippen LogP contribution < -0.4 is 15.2 Å². The summed E-state index contributed by atoms with van der Waals surface area (Å²) in [6.45, 7) is -0.00481. The second-order valence-electron chi connectivity index (χ2n) is 6.15. The van der Waals surface area contributed by atoms with E-state index in [1.807, 2.05) is 0 Å². The van der Waals surface area contributed by atoms with Crippen LogP contribution in [0.4, 0.5) is 17.6 Å². The van der Waals surface area contributed by atoms with Crippen molar-refractivity contribution in [3.8, 4) is 11.5 Å². The van der Waals surface area contributed by atoms with Crippen LogP contribution in [0.25, 0.3) is 12.2 Å². The number of rotatable bonds is 6. The van der Waals surface area contributed by atoms with E-state index in [0.717, 1.165) is 6.07 Å². The van der Waals surface area contributed by atoms with Gasteiger partial charge in [0.2, 0.25) is 0 Å². The summed E-state index contributed by atoms with van der Waals surface area (Å²) in [5, 5.41) is 0. The Labute approximate surface area is 168 Å². The number of nitrogens with one attached hydrogen (secondary N) is 1. The van der Waals surface area contributed by atoms with Gasteiger partial charge in [-0.15, -0.1) is 0 Å². The van der Waals surface area contributed by atoms with Gasteiger partial charge in [-0.1, -0.05) is 30.3 Å². The zero-order valence-electron chi connectivity index (χ0n) is 15.7. The highest BCUT2D eigenvalue weighted by Gasteiger charge is 2.32. The third-order valence-corrected chi connectivity index (χ3v) is 4.05. The molecule has 1 aromatic heterocycles. The van der Waals surface area contributed by atoms with E-state index >= 15 is 0 Å². The third kappa shape index (κ3) is 5.25. The second-order valence-corrected chi connectivity index (χ2v) is 6.15. The normalized spacial score (nSPS) is 11.6. The van der Waals surface area contributed by atoms with Gasteiger partial charge in [-0.2, -0.15) is 18.2 Å². The van der Waals surface area contributed by atoms with Crippen LogP contribution in [0.5, 0.6) is 11.5 Å². The maximum Gasteiger partial charge on any atom is 0.431 e. The van der Waals surface area contributed by atoms with Crippen LogP contribution in [-0.4, -0.2) is 17.1 Å². The molecule has 0 fully saturated rings. The van der Waals surface area contributed by atoms with E-state index in [9.17, 15) is 22.4 Å². The van der Waals surface area contributed by atoms with Crippen LogP contribution in [0.3, 0.4) is 0 Å². The molecule has 9 heteroatoms. The summed E-state index contributed by atoms with van der Waals surface area (Å²) in [6.07, 6.45) is -1.94. The second kappa shape index (κ2) is 8.81. The number of ether oxygens (including phenoxy) is 2. The highest BCUT2D eigenvalue weighted by atomic mass is 19.4. The van der Waals surface area contributed by atoms with Crippen molar-refractivity contribution in [1.29, 1.82) is 0 Å². The van der Waals surface area contributed by atoms with Gasteiger partial charge >= 0.3 is 11.9 Å². The first kappa shape index (κ1) is 21.1. The smallest absolute Gasteiger partial charge is 0.431 e. The van der Waals surface area contributed by atoms with Crippen molar-refractivity contribution in [2.75, 3.05) is 7.11 Å². The number of aromatic amines is 1. The molecule has 0 aliphatic rings. The van der Waals surface area contributed by atoms with Crippen molar-refractivity contribution < 1.29 is 27.0 Å². The molecule has 0 radical (unpaired) electrons. The summed E-state index contributed by atoms with van der Waals surface area (Å²) in [4.78, 5) is 16.5. The van der Waals surface area contributed by atoms with Gasteiger partial charge in [-0.3, -0.25) is 0 Å². The van der Waals surface area contributed by atoms with Crippen molar-refractivity contribution in [1.82, 2.24) is 9.97 Å². The van der Waals surface area contributed by atoms with Crippen LogP contribution in [-0.2, 0) is 12.8 Å². The lowest BCUT2D eigenvalue weighted by Crippen LogP contribution is -2.19. The number of halogens is 4. The number of benzene rings is 2. The summed E-state index contributed by atoms with van der Waals surface area (Å²) in [7, 11) is 1.42. The van der Waals surface area contributed by atoms with Gasteiger partial charge in [-0.05, 0) is 35.9 Å². The quantitative estimate of drug-likeness (QED) is 0.588. The van der Waals surface area contributed by atoms with Crippen LogP contribution in [0.1, 0.15) is 22.5 Å². The number of methoxy groups -OCH3 is 1. The van der Waals surface area contributed by atoms with Crippen LogP contribution >= 0.6 is 0 Å². The van der Waals surface area contributed by atoms with Crippen LogP contribution in [0.15, 0.2) is 53.3 Å². The molecule has 0 aliphatic carbocycles. The summed E-state index contributed by atoms with van der Waals surface area (Å²) >= 11 is 0. The maximum absolute atomic E-state index is 13.7. The Kier molecular flexibility index (Phi) is 6.20. The molecular weight excluding hydrogens is 404 g/mol. The van der Waals surface area contributed by atoms with Crippen molar-refractivity contribution in [3.63, 3.8) is 0 Å². The minimum atomic E-state index is -4.69. The standard InChI is InChI=1S/C21H16F4N2O3/c1-29-18-10-13(6-8-15-11-19(21(23,24)25)27-20(28)26-15)7-9-17(18)30-12-14-4-2-3-5-16(14)22/h2-11H,12H2,1H3,(H,26,27,28). The number of hydrogen-bond donors (Lipinski definition) is 1. The molecule has 5 nitrogen and oxygen atoms in total. The van der Waals surface area contributed by atoms with Crippen LogP contribution in [0.2, 0.25) is 0 Å². The first-order valence-electron chi connectivity index (χ1n) is 8.67. The summed E-state index contributed by atoms with van der Waals surface area (Å²) in [5.74, 6) is 0.328. The fourth-order valence-electron chi connectivity index (χ4n) is 2.57. The fraction of sp³-hybridized carbons (Fsp3) is 0.143. The van der Waals surface area contributed by atoms with E-state index < -0.39 is 17.6 Å². The Morgan fingerprint density at radius 3 is 2.53 bits per heavy atom. The van der Waals surface area contributed by atoms with E-state index in [4.69, 9.17) is 9.47 Å². The molecule has 0 saturated carbocycles. The predicted octanol–water partition coefficient (Wildman–Crippen LogP) is 4.69. The Balaban J connectivity index is 1.79. The minimum absolute atomic E-state index is 0.00481. The Morgan fingerprint density at radius 2 is 1.83 bits per heavy atom. The molecule has 1 N–H and O–H groups in total. The van der Waals surface area contributed by atoms with Crippen LogP contribution in [0, 0.1) is 5.82 Å². The van der Waals surface area contributed by atoms with E-state index in [1.165, 1.54) is 25.3 Å². The molecule has 0 bridgehead atoms. The van der Waals surface area contributed by atoms with E-state index in [1.54, 1.807) is 41.4 Å². The van der Waals surface area contributed by atoms with E-state index in [0.29, 0.717) is 22.6 Å². The lowest BCUT2D eigenvalue weighted by atomic mass is 10.1. The number of aromatic nitrogens is 2. The molecular formula is C21H16F4N2O3. The van der Waals surface area contributed by atoms with Gasteiger partial charge < -0.3 is 14.5 Å². The Morgan fingerprint density at radius 1 is 1.07 bits per heavy atom. The monoisotopic (exact) mass is 420 g/mol. The zero-order valence-corrected chi connectivity index (χ0v) is 15.7. The third-order valence-electron chi connectivity index (χ3n) is 4.05. The van der Waals surface area contributed by atoms with Crippen molar-refractivity contribution in [3.05, 3.63) is 87.3 Å². The van der Waals surface area contributed by atoms with Gasteiger partial charge in [0.1, 0.15) is 18.1 Å². The SMILES string of the molecule is COc1cc(C=Cc2cc(C(F)(F)F)[nH]c(=O)n2)ccc1OCc1ccccc1F. The molecule has 156 valence electrons. The zero-order chi connectivity index (χ0) is 21.7. The van der Waals surface area contributed by atoms with Crippen molar-refractivity contribution in [2.24, 2.45) is 0 Å². The first-order valence-corrected chi connectivity index (χ1v) is 8.67. The highest BCUT2D eigenvalue weighted by Crippen LogP contribution is 2.30. The molecule has 0 saturated heterocycles. The van der Waals surface area contributed by atoms with E-state index in [-0.39, 0.29) is 18.1 Å². The molecule has 0 spiro atoms. The van der Waals surface area contributed by atoms with Crippen molar-refractivity contribution in [2.45, 2.75) is 12.8 Å². The topological polar surface area (TPSA) is 64.2 Å². The molecule has 0 aliphatic heterocycles. The molecule has 0 atom stereocenters. The lowest BCUT2D eigenvalue weighted by molar-refractivity contribution is -0.141. The molecule has 3 aromatic rings. The van der Waals surface area contributed by atoms with Gasteiger partial charge in [-0.25, -0.2) is 9.18 Å². The summed E-state index contributed by atoms with van der Waals surface area (Å²) in [6, 6.07) is 11.7. The lowest BCUT2D eigenvalue weighted by Gasteiger charge is -2.12. The minimum Gasteiger partial charge on any atom is -0.493 e. The number of alkyl halides is 3. The Bertz CT molecular complexity index is 1120. The summed E-state index contributed by atoms with van der Waals surface area (Å²) < 4.78 is 63.0. The highest BCUT2D eigenvalue weighted by molar-refractivity contribution is 5.69. The largest absolute Gasteiger partial charge is 0.493 e. The molecule has 30 heavy (non-hydrogen) atoms. The van der Waals surface area contributed by atoms with Gasteiger partial charge in [0.15, 0.2) is 11.5 Å². The average molecular weight is 420 g/mol. The van der Waals surface area contributed by atoms with Gasteiger partial charge in [0.05, 0.1) is 12.8 Å². The molecule has 0 amide bonds. The summed E-state index contributed by atoms with van der Waals surface area (Å²) in [5.41, 5.74) is -1.48. The molecule has 0 unspecified atom stereocenters. The van der Waals surface area contributed by atoms with Crippen molar-refractivity contribution >= 4 is 12.2 Å². The van der Waals surface area contributed by atoms with E-state index in [2.05, 4.69) is 4.98 Å². The van der Waals surface area contributed by atoms with Gasteiger partial charge in [0, 0.05) is 5.56 Å². The Hall–Kier alpha value is -3.62. The fourth-order valence-corrected chi connectivity index (χ4v) is 2.57.